The van der Waals surface area contributed by atoms with Gasteiger partial charge in [-0.3, -0.25) is 14.7 Å². The van der Waals surface area contributed by atoms with Gasteiger partial charge in [-0.05, 0) is 37.1 Å². The molecule has 1 atom stereocenters. The third kappa shape index (κ3) is 4.31. The number of ether oxygens (including phenoxy) is 1. The molecule has 1 saturated heterocycles. The van der Waals surface area contributed by atoms with Crippen LogP contribution in [0.25, 0.3) is 5.69 Å². The quantitative estimate of drug-likeness (QED) is 0.333. The summed E-state index contributed by atoms with van der Waals surface area (Å²) in [5.41, 5.74) is 3.11. The van der Waals surface area contributed by atoms with Gasteiger partial charge in [0.2, 0.25) is 5.95 Å². The average Bonchev–Trinajstić information content (AvgIpc) is 3.18. The van der Waals surface area contributed by atoms with E-state index in [2.05, 4.69) is 38.7 Å². The second-order valence-corrected chi connectivity index (χ2v) is 8.48. The van der Waals surface area contributed by atoms with Gasteiger partial charge in [-0.1, -0.05) is 36.0 Å². The highest BCUT2D eigenvalue weighted by atomic mass is 32.2. The van der Waals surface area contributed by atoms with Crippen molar-refractivity contribution in [3.63, 3.8) is 0 Å². The van der Waals surface area contributed by atoms with Crippen molar-refractivity contribution in [3.8, 4) is 5.69 Å². The smallest absolute Gasteiger partial charge is 0.269 e. The van der Waals surface area contributed by atoms with Crippen LogP contribution < -0.4 is 4.90 Å². The Morgan fingerprint density at radius 2 is 1.90 bits per heavy atom. The molecule has 1 aromatic heterocycles. The first kappa shape index (κ1) is 20.4. The number of hydrogen-bond donors (Lipinski definition) is 0. The maximum Gasteiger partial charge on any atom is 0.269 e. The number of hydrogen-bond acceptors (Lipinski definition) is 7. The van der Waals surface area contributed by atoms with Gasteiger partial charge in [0.1, 0.15) is 0 Å². The molecule has 9 heteroatoms. The van der Waals surface area contributed by atoms with Gasteiger partial charge in [0.15, 0.2) is 5.16 Å². The molecule has 156 valence electrons. The van der Waals surface area contributed by atoms with Crippen molar-refractivity contribution in [3.05, 3.63) is 69.8 Å². The maximum absolute atomic E-state index is 11.1. The van der Waals surface area contributed by atoms with E-state index in [1.54, 1.807) is 12.1 Å². The Labute approximate surface area is 179 Å². The first-order valence-corrected chi connectivity index (χ1v) is 10.7. The molecule has 0 amide bonds. The van der Waals surface area contributed by atoms with E-state index in [0.29, 0.717) is 13.2 Å². The number of nitro benzene ring substituents is 1. The van der Waals surface area contributed by atoms with Crippen molar-refractivity contribution in [2.75, 3.05) is 31.2 Å². The van der Waals surface area contributed by atoms with Gasteiger partial charge < -0.3 is 9.64 Å². The molecular formula is C21H23N5O3S. The Balaban J connectivity index is 1.70. The van der Waals surface area contributed by atoms with Gasteiger partial charge in [0, 0.05) is 30.5 Å². The minimum atomic E-state index is -0.368. The van der Waals surface area contributed by atoms with Crippen LogP contribution in [0.2, 0.25) is 0 Å². The molecule has 8 nitrogen and oxygen atoms in total. The summed E-state index contributed by atoms with van der Waals surface area (Å²) in [4.78, 5) is 13.0. The van der Waals surface area contributed by atoms with Gasteiger partial charge in [0.05, 0.1) is 23.8 Å². The molecule has 0 saturated carbocycles. The van der Waals surface area contributed by atoms with Crippen molar-refractivity contribution in [1.29, 1.82) is 0 Å². The molecule has 0 aliphatic carbocycles. The van der Waals surface area contributed by atoms with Crippen LogP contribution in [0.1, 0.15) is 23.3 Å². The summed E-state index contributed by atoms with van der Waals surface area (Å²) in [6.07, 6.45) is 0. The fourth-order valence-electron chi connectivity index (χ4n) is 3.42. The Hall–Kier alpha value is -2.91. The number of non-ortho nitro benzene ring substituents is 1. The Morgan fingerprint density at radius 1 is 1.13 bits per heavy atom. The fourth-order valence-corrected chi connectivity index (χ4v) is 4.40. The van der Waals surface area contributed by atoms with Crippen LogP contribution >= 0.6 is 11.8 Å². The van der Waals surface area contributed by atoms with Gasteiger partial charge in [-0.25, -0.2) is 0 Å². The number of morpholine rings is 1. The number of aryl methyl sites for hydroxylation is 1. The molecule has 0 bridgehead atoms. The predicted molar refractivity (Wildman–Crippen MR) is 116 cm³/mol. The van der Waals surface area contributed by atoms with Crippen molar-refractivity contribution in [2.24, 2.45) is 0 Å². The van der Waals surface area contributed by atoms with Crippen molar-refractivity contribution >= 4 is 23.4 Å². The van der Waals surface area contributed by atoms with E-state index in [1.807, 2.05) is 25.1 Å². The largest absolute Gasteiger partial charge is 0.378 e. The summed E-state index contributed by atoms with van der Waals surface area (Å²) in [5, 5.41) is 20.8. The number of rotatable bonds is 6. The second kappa shape index (κ2) is 8.85. The summed E-state index contributed by atoms with van der Waals surface area (Å²) < 4.78 is 7.55. The van der Waals surface area contributed by atoms with E-state index in [-0.39, 0.29) is 15.9 Å². The van der Waals surface area contributed by atoms with Gasteiger partial charge in [0.25, 0.3) is 5.69 Å². The van der Waals surface area contributed by atoms with Crippen LogP contribution in [0, 0.1) is 17.0 Å². The molecule has 30 heavy (non-hydrogen) atoms. The number of nitro groups is 1. The maximum atomic E-state index is 11.1. The van der Waals surface area contributed by atoms with Crippen LogP contribution in [-0.4, -0.2) is 46.0 Å². The van der Waals surface area contributed by atoms with Crippen LogP contribution in [0.5, 0.6) is 0 Å². The number of anilines is 1. The van der Waals surface area contributed by atoms with Crippen LogP contribution in [0.3, 0.4) is 0 Å². The zero-order chi connectivity index (χ0) is 21.1. The number of thioether (sulfide) groups is 1. The van der Waals surface area contributed by atoms with Crippen molar-refractivity contribution in [2.45, 2.75) is 24.3 Å². The molecular weight excluding hydrogens is 402 g/mol. The van der Waals surface area contributed by atoms with Gasteiger partial charge in [-0.2, -0.15) is 0 Å². The minimum Gasteiger partial charge on any atom is -0.378 e. The monoisotopic (exact) mass is 425 g/mol. The SMILES string of the molecule is Cc1cccc(-n2c(SC(C)c3cccc([N+](=O)[O-])c3)nnc2N2CCOCC2)c1. The van der Waals surface area contributed by atoms with Gasteiger partial charge >= 0.3 is 0 Å². The number of nitrogens with zero attached hydrogens (tertiary/aromatic N) is 5. The molecule has 4 rings (SSSR count). The predicted octanol–water partition coefficient (Wildman–Crippen LogP) is 4.17. The van der Waals surface area contributed by atoms with E-state index in [9.17, 15) is 10.1 Å². The molecule has 0 N–H and O–H groups in total. The lowest BCUT2D eigenvalue weighted by Crippen LogP contribution is -2.37. The lowest BCUT2D eigenvalue weighted by atomic mass is 10.1. The summed E-state index contributed by atoms with van der Waals surface area (Å²) in [7, 11) is 0. The second-order valence-electron chi connectivity index (χ2n) is 7.17. The lowest BCUT2D eigenvalue weighted by molar-refractivity contribution is -0.384. The zero-order valence-corrected chi connectivity index (χ0v) is 17.7. The average molecular weight is 426 g/mol. The van der Waals surface area contributed by atoms with E-state index >= 15 is 0 Å². The van der Waals surface area contributed by atoms with Crippen LogP contribution in [0.15, 0.2) is 53.7 Å². The topological polar surface area (TPSA) is 86.3 Å². The molecule has 0 radical (unpaired) electrons. The highest BCUT2D eigenvalue weighted by Crippen LogP contribution is 2.37. The lowest BCUT2D eigenvalue weighted by Gasteiger charge is -2.28. The normalized spacial score (nSPS) is 15.2. The van der Waals surface area contributed by atoms with Crippen LogP contribution in [-0.2, 0) is 4.74 Å². The van der Waals surface area contributed by atoms with Crippen molar-refractivity contribution in [1.82, 2.24) is 14.8 Å². The highest BCUT2D eigenvalue weighted by molar-refractivity contribution is 7.99. The van der Waals surface area contributed by atoms with E-state index in [0.717, 1.165) is 41.0 Å². The molecule has 1 aliphatic heterocycles. The van der Waals surface area contributed by atoms with Crippen LogP contribution in [0.4, 0.5) is 11.6 Å². The molecule has 1 fully saturated rings. The molecule has 1 unspecified atom stereocenters. The first-order valence-electron chi connectivity index (χ1n) is 9.79. The molecule has 1 aliphatic rings. The summed E-state index contributed by atoms with van der Waals surface area (Å²) in [6.45, 7) is 6.92. The molecule has 0 spiro atoms. The fraction of sp³-hybridized carbons (Fsp3) is 0.333. The third-order valence-corrected chi connectivity index (χ3v) is 6.10. The van der Waals surface area contributed by atoms with Crippen molar-refractivity contribution < 1.29 is 9.66 Å². The standard InChI is InChI=1S/C21H23N5O3S/c1-15-5-3-7-18(13-15)25-20(24-9-11-29-12-10-24)22-23-21(25)30-16(2)17-6-4-8-19(14-17)26(27)28/h3-8,13-14,16H,9-12H2,1-2H3. The number of benzene rings is 2. The summed E-state index contributed by atoms with van der Waals surface area (Å²) >= 11 is 1.54. The number of aromatic nitrogens is 3. The first-order chi connectivity index (χ1) is 14.5. The molecule has 3 aromatic rings. The minimum absolute atomic E-state index is 0.0322. The van der Waals surface area contributed by atoms with Gasteiger partial charge in [-0.15, -0.1) is 10.2 Å². The summed E-state index contributed by atoms with van der Waals surface area (Å²) in [6, 6.07) is 15.0. The van der Waals surface area contributed by atoms with E-state index < -0.39 is 0 Å². The Bertz CT molecular complexity index is 1050. The highest BCUT2D eigenvalue weighted by Gasteiger charge is 2.23. The third-order valence-electron chi connectivity index (χ3n) is 5.00. The Kier molecular flexibility index (Phi) is 6.01. The molecule has 2 heterocycles. The Morgan fingerprint density at radius 3 is 2.63 bits per heavy atom. The summed E-state index contributed by atoms with van der Waals surface area (Å²) in [5.74, 6) is 0.789. The zero-order valence-electron chi connectivity index (χ0n) is 16.9. The van der Waals surface area contributed by atoms with E-state index in [1.165, 1.54) is 17.8 Å². The molecule has 2 aromatic carbocycles. The van der Waals surface area contributed by atoms with E-state index in [4.69, 9.17) is 4.74 Å².